The Bertz CT molecular complexity index is 275. The van der Waals surface area contributed by atoms with Crippen LogP contribution >= 0.6 is 0 Å². The van der Waals surface area contributed by atoms with E-state index in [1.165, 1.54) is 32.9 Å². The van der Waals surface area contributed by atoms with Crippen LogP contribution in [0.2, 0.25) is 0 Å². The molecule has 0 radical (unpaired) electrons. The number of ketones is 1. The zero-order valence-electron chi connectivity index (χ0n) is 11.2. The van der Waals surface area contributed by atoms with Crippen LogP contribution in [0.5, 0.6) is 0 Å². The summed E-state index contributed by atoms with van der Waals surface area (Å²) in [7, 11) is 0. The Morgan fingerprint density at radius 2 is 1.94 bits per heavy atom. The van der Waals surface area contributed by atoms with Crippen molar-refractivity contribution in [3.05, 3.63) is 0 Å². The van der Waals surface area contributed by atoms with E-state index < -0.39 is 12.0 Å². The van der Waals surface area contributed by atoms with Crippen LogP contribution in [-0.4, -0.2) is 54.0 Å². The SMILES string of the molecule is CC(=O)C(CC(=O)O)NCCCCN1CCCC1. The predicted molar refractivity (Wildman–Crippen MR) is 69.6 cm³/mol. The van der Waals surface area contributed by atoms with Crippen LogP contribution in [0.1, 0.15) is 39.0 Å². The molecule has 1 rings (SSSR count). The lowest BCUT2D eigenvalue weighted by atomic mass is 10.1. The number of carbonyl (C=O) groups is 2. The molecule has 0 saturated carbocycles. The topological polar surface area (TPSA) is 69.6 Å². The van der Waals surface area contributed by atoms with Crippen molar-refractivity contribution in [1.82, 2.24) is 10.2 Å². The third-order valence-corrected chi connectivity index (χ3v) is 3.36. The van der Waals surface area contributed by atoms with Gasteiger partial charge in [-0.15, -0.1) is 0 Å². The molecule has 1 heterocycles. The first-order valence-electron chi connectivity index (χ1n) is 6.77. The highest BCUT2D eigenvalue weighted by Gasteiger charge is 2.17. The molecule has 0 aliphatic carbocycles. The van der Waals surface area contributed by atoms with E-state index in [-0.39, 0.29) is 12.2 Å². The van der Waals surface area contributed by atoms with Crippen LogP contribution in [0.15, 0.2) is 0 Å². The second-order valence-corrected chi connectivity index (χ2v) is 4.97. The molecule has 0 amide bonds. The van der Waals surface area contributed by atoms with Gasteiger partial charge in [0.15, 0.2) is 0 Å². The number of carboxylic acid groups (broad SMARTS) is 1. The molecule has 5 heteroatoms. The van der Waals surface area contributed by atoms with E-state index in [0.717, 1.165) is 19.4 Å². The van der Waals surface area contributed by atoms with Gasteiger partial charge in [-0.05, 0) is 58.8 Å². The van der Waals surface area contributed by atoms with Gasteiger partial charge in [0.05, 0.1) is 12.5 Å². The van der Waals surface area contributed by atoms with Crippen LogP contribution < -0.4 is 5.32 Å². The van der Waals surface area contributed by atoms with E-state index in [9.17, 15) is 9.59 Å². The third-order valence-electron chi connectivity index (χ3n) is 3.36. The highest BCUT2D eigenvalue weighted by atomic mass is 16.4. The van der Waals surface area contributed by atoms with Crippen molar-refractivity contribution in [2.24, 2.45) is 0 Å². The average molecular weight is 256 g/mol. The van der Waals surface area contributed by atoms with E-state index >= 15 is 0 Å². The maximum atomic E-state index is 11.2. The molecule has 0 aromatic heterocycles. The first kappa shape index (κ1) is 15.1. The summed E-state index contributed by atoms with van der Waals surface area (Å²) in [5.41, 5.74) is 0. The van der Waals surface area contributed by atoms with Gasteiger partial charge in [-0.1, -0.05) is 0 Å². The average Bonchev–Trinajstić information content (AvgIpc) is 2.79. The first-order valence-corrected chi connectivity index (χ1v) is 6.77. The molecule has 0 spiro atoms. The minimum absolute atomic E-state index is 0.100. The molecule has 1 saturated heterocycles. The largest absolute Gasteiger partial charge is 0.481 e. The molecule has 5 nitrogen and oxygen atoms in total. The molecule has 104 valence electrons. The summed E-state index contributed by atoms with van der Waals surface area (Å²) in [6, 6.07) is -0.533. The Kier molecular flexibility index (Phi) is 6.90. The lowest BCUT2D eigenvalue weighted by Crippen LogP contribution is -2.38. The van der Waals surface area contributed by atoms with Gasteiger partial charge in [-0.2, -0.15) is 0 Å². The molecule has 1 fully saturated rings. The van der Waals surface area contributed by atoms with E-state index in [2.05, 4.69) is 10.2 Å². The Balaban J connectivity index is 2.06. The summed E-state index contributed by atoms with van der Waals surface area (Å²) in [6.07, 6.45) is 4.58. The number of likely N-dealkylation sites (tertiary alicyclic amines) is 1. The number of hydrogen-bond donors (Lipinski definition) is 2. The molecule has 0 aromatic carbocycles. The van der Waals surface area contributed by atoms with Crippen LogP contribution in [0.25, 0.3) is 0 Å². The number of nitrogens with zero attached hydrogens (tertiary/aromatic N) is 1. The molecule has 1 aliphatic rings. The Morgan fingerprint density at radius 3 is 2.50 bits per heavy atom. The summed E-state index contributed by atoms with van der Waals surface area (Å²) in [5, 5.41) is 11.7. The number of carbonyl (C=O) groups excluding carboxylic acids is 1. The van der Waals surface area contributed by atoms with Gasteiger partial charge in [0, 0.05) is 0 Å². The highest BCUT2D eigenvalue weighted by molar-refractivity contribution is 5.85. The molecule has 2 N–H and O–H groups in total. The van der Waals surface area contributed by atoms with Gasteiger partial charge in [-0.25, -0.2) is 0 Å². The fourth-order valence-electron chi connectivity index (χ4n) is 2.28. The standard InChI is InChI=1S/C13H24N2O3/c1-11(16)12(10-13(17)18)14-6-2-3-7-15-8-4-5-9-15/h12,14H,2-10H2,1H3,(H,17,18). The Hall–Kier alpha value is -0.940. The monoisotopic (exact) mass is 256 g/mol. The summed E-state index contributed by atoms with van der Waals surface area (Å²) in [6.45, 7) is 5.69. The third kappa shape index (κ3) is 6.12. The zero-order chi connectivity index (χ0) is 13.4. The number of Topliss-reactive ketones (excluding diaryl/α,β-unsaturated/α-hetero) is 1. The van der Waals surface area contributed by atoms with Crippen molar-refractivity contribution in [3.63, 3.8) is 0 Å². The normalized spacial score (nSPS) is 17.8. The maximum absolute atomic E-state index is 11.2. The van der Waals surface area contributed by atoms with E-state index in [4.69, 9.17) is 5.11 Å². The van der Waals surface area contributed by atoms with E-state index in [0.29, 0.717) is 6.54 Å². The van der Waals surface area contributed by atoms with Crippen molar-refractivity contribution < 1.29 is 14.7 Å². The molecule has 18 heavy (non-hydrogen) atoms. The number of rotatable bonds is 9. The molecular formula is C13H24N2O3. The van der Waals surface area contributed by atoms with Gasteiger partial charge in [0.1, 0.15) is 5.78 Å². The number of nitrogens with one attached hydrogen (secondary N) is 1. The summed E-state index contributed by atoms with van der Waals surface area (Å²) >= 11 is 0. The van der Waals surface area contributed by atoms with Crippen LogP contribution in [0.3, 0.4) is 0 Å². The van der Waals surface area contributed by atoms with Crippen molar-refractivity contribution in [3.8, 4) is 0 Å². The quantitative estimate of drug-likeness (QED) is 0.599. The zero-order valence-corrected chi connectivity index (χ0v) is 11.2. The number of hydrogen-bond acceptors (Lipinski definition) is 4. The smallest absolute Gasteiger partial charge is 0.305 e. The van der Waals surface area contributed by atoms with Gasteiger partial charge in [0.2, 0.25) is 0 Å². The van der Waals surface area contributed by atoms with Crippen molar-refractivity contribution in [2.75, 3.05) is 26.2 Å². The van der Waals surface area contributed by atoms with E-state index in [1.54, 1.807) is 0 Å². The molecule has 0 bridgehead atoms. The lowest BCUT2D eigenvalue weighted by Gasteiger charge is -2.16. The summed E-state index contributed by atoms with van der Waals surface area (Å²) in [5.74, 6) is -1.03. The number of aliphatic carboxylic acids is 1. The molecule has 0 aromatic rings. The molecule has 1 atom stereocenters. The molecular weight excluding hydrogens is 232 g/mol. The van der Waals surface area contributed by atoms with Crippen LogP contribution in [-0.2, 0) is 9.59 Å². The van der Waals surface area contributed by atoms with Gasteiger partial charge in [0.25, 0.3) is 0 Å². The minimum Gasteiger partial charge on any atom is -0.481 e. The van der Waals surface area contributed by atoms with Crippen molar-refractivity contribution in [1.29, 1.82) is 0 Å². The lowest BCUT2D eigenvalue weighted by molar-refractivity contribution is -0.139. The summed E-state index contributed by atoms with van der Waals surface area (Å²) < 4.78 is 0. The first-order chi connectivity index (χ1) is 8.59. The fourth-order valence-corrected chi connectivity index (χ4v) is 2.28. The van der Waals surface area contributed by atoms with Crippen LogP contribution in [0, 0.1) is 0 Å². The maximum Gasteiger partial charge on any atom is 0.305 e. The second-order valence-electron chi connectivity index (χ2n) is 4.97. The summed E-state index contributed by atoms with van der Waals surface area (Å²) in [4.78, 5) is 24.3. The Labute approximate surface area is 109 Å². The molecule has 1 unspecified atom stereocenters. The van der Waals surface area contributed by atoms with Crippen molar-refractivity contribution in [2.45, 2.75) is 45.1 Å². The van der Waals surface area contributed by atoms with Crippen molar-refractivity contribution >= 4 is 11.8 Å². The van der Waals surface area contributed by atoms with Gasteiger partial charge < -0.3 is 15.3 Å². The predicted octanol–water partition coefficient (Wildman–Crippen LogP) is 0.884. The minimum atomic E-state index is -0.931. The van der Waals surface area contributed by atoms with Gasteiger partial charge >= 0.3 is 5.97 Å². The van der Waals surface area contributed by atoms with Gasteiger partial charge in [-0.3, -0.25) is 9.59 Å². The fraction of sp³-hybridized carbons (Fsp3) is 0.846. The van der Waals surface area contributed by atoms with E-state index in [1.807, 2.05) is 0 Å². The highest BCUT2D eigenvalue weighted by Crippen LogP contribution is 2.08. The molecule has 1 aliphatic heterocycles. The van der Waals surface area contributed by atoms with Crippen LogP contribution in [0.4, 0.5) is 0 Å². The Morgan fingerprint density at radius 1 is 1.28 bits per heavy atom. The second kappa shape index (κ2) is 8.21. The number of unbranched alkanes of at least 4 members (excludes halogenated alkanes) is 1. The number of carboxylic acids is 1.